The molecule has 0 saturated heterocycles. The maximum absolute atomic E-state index is 13.7. The molecule has 0 amide bonds. The molecule has 184 valence electrons. The van der Waals surface area contributed by atoms with E-state index in [0.717, 1.165) is 15.9 Å². The van der Waals surface area contributed by atoms with Crippen molar-refractivity contribution in [3.63, 3.8) is 0 Å². The number of aryl methyl sites for hydroxylation is 1. The average molecular weight is 498 g/mol. The Morgan fingerprint density at radius 1 is 1.29 bits per heavy atom. The number of aromatic nitrogens is 3. The van der Waals surface area contributed by atoms with Gasteiger partial charge in [0.1, 0.15) is 22.4 Å². The first kappa shape index (κ1) is 24.5. The third kappa shape index (κ3) is 4.18. The number of carbonyl (C=O) groups is 1. The largest absolute Gasteiger partial charge is 0.496 e. The minimum absolute atomic E-state index is 0.0290. The molecule has 3 aromatic heterocycles. The zero-order valence-corrected chi connectivity index (χ0v) is 21.0. The normalized spacial score (nSPS) is 12.7. The van der Waals surface area contributed by atoms with Gasteiger partial charge >= 0.3 is 11.7 Å². The van der Waals surface area contributed by atoms with Crippen LogP contribution in [0.1, 0.15) is 31.9 Å². The van der Waals surface area contributed by atoms with Gasteiger partial charge in [-0.15, -0.1) is 11.3 Å². The van der Waals surface area contributed by atoms with Crippen LogP contribution in [0.4, 0.5) is 0 Å². The predicted molar refractivity (Wildman–Crippen MR) is 133 cm³/mol. The molecule has 35 heavy (non-hydrogen) atoms. The zero-order valence-electron chi connectivity index (χ0n) is 20.2. The summed E-state index contributed by atoms with van der Waals surface area (Å²) in [6.45, 7) is 6.73. The van der Waals surface area contributed by atoms with Crippen molar-refractivity contribution in [2.75, 3.05) is 7.11 Å². The second kappa shape index (κ2) is 9.18. The minimum atomic E-state index is -1.74. The van der Waals surface area contributed by atoms with E-state index < -0.39 is 22.8 Å². The molecular weight excluding hydrogens is 470 g/mol. The molecule has 1 aromatic carbocycles. The number of ether oxygens (including phenoxy) is 1. The van der Waals surface area contributed by atoms with Crippen molar-refractivity contribution >= 4 is 27.5 Å². The fourth-order valence-electron chi connectivity index (χ4n) is 4.26. The first-order chi connectivity index (χ1) is 16.6. The summed E-state index contributed by atoms with van der Waals surface area (Å²) in [7, 11) is 1.61. The average Bonchev–Trinajstić information content (AvgIpc) is 3.45. The highest BCUT2D eigenvalue weighted by molar-refractivity contribution is 7.22. The van der Waals surface area contributed by atoms with E-state index in [1.165, 1.54) is 42.2 Å². The van der Waals surface area contributed by atoms with Gasteiger partial charge in [-0.2, -0.15) is 0 Å². The predicted octanol–water partition coefficient (Wildman–Crippen LogP) is 3.90. The quantitative estimate of drug-likeness (QED) is 0.392. The van der Waals surface area contributed by atoms with Gasteiger partial charge in [-0.05, 0) is 50.3 Å². The van der Waals surface area contributed by atoms with Crippen LogP contribution in [0.3, 0.4) is 0 Å². The minimum Gasteiger partial charge on any atom is -0.496 e. The van der Waals surface area contributed by atoms with Crippen LogP contribution >= 0.6 is 11.3 Å². The Bertz CT molecular complexity index is 1510. The third-order valence-electron chi connectivity index (χ3n) is 6.18. The number of benzene rings is 1. The Labute approximate surface area is 205 Å². The fourth-order valence-corrected chi connectivity index (χ4v) is 5.50. The monoisotopic (exact) mass is 497 g/mol. The highest BCUT2D eigenvalue weighted by atomic mass is 32.1. The van der Waals surface area contributed by atoms with Crippen LogP contribution in [0.2, 0.25) is 0 Å². The number of hydrogen-bond acceptors (Lipinski definition) is 7. The number of hydrogen-bond donors (Lipinski definition) is 1. The van der Waals surface area contributed by atoms with Crippen molar-refractivity contribution < 1.29 is 19.1 Å². The summed E-state index contributed by atoms with van der Waals surface area (Å²) in [4.78, 5) is 44.6. The van der Waals surface area contributed by atoms with Gasteiger partial charge in [0, 0.05) is 6.54 Å². The van der Waals surface area contributed by atoms with E-state index >= 15 is 0 Å². The van der Waals surface area contributed by atoms with E-state index in [1.807, 2.05) is 31.2 Å². The number of aliphatic carboxylic acids is 1. The van der Waals surface area contributed by atoms with Gasteiger partial charge in [0.05, 0.1) is 23.6 Å². The molecule has 1 N–H and O–H groups in total. The van der Waals surface area contributed by atoms with E-state index in [0.29, 0.717) is 33.0 Å². The van der Waals surface area contributed by atoms with Crippen LogP contribution in [-0.2, 0) is 23.3 Å². The first-order valence-corrected chi connectivity index (χ1v) is 11.9. The Morgan fingerprint density at radius 3 is 2.63 bits per heavy atom. The molecule has 0 aliphatic rings. The molecule has 0 saturated carbocycles. The number of oxazole rings is 1. The molecular formula is C25H27N3O6S. The summed E-state index contributed by atoms with van der Waals surface area (Å²) in [6.07, 6.45) is 3.57. The van der Waals surface area contributed by atoms with Crippen LogP contribution in [0.25, 0.3) is 21.0 Å². The Morgan fingerprint density at radius 2 is 2.00 bits per heavy atom. The lowest BCUT2D eigenvalue weighted by molar-refractivity contribution is -0.146. The van der Waals surface area contributed by atoms with E-state index in [9.17, 15) is 19.5 Å². The SMILES string of the molecule is COc1ccccc1CC(C)Cn1c(=O)n(C(C)(C)C(=O)O)c(=O)c2c(C)c(-c3ncco3)sc21. The van der Waals surface area contributed by atoms with Crippen molar-refractivity contribution in [1.29, 1.82) is 0 Å². The van der Waals surface area contributed by atoms with E-state index in [2.05, 4.69) is 4.98 Å². The molecule has 0 aliphatic carbocycles. The summed E-state index contributed by atoms with van der Waals surface area (Å²) < 4.78 is 13.3. The molecule has 1 unspecified atom stereocenters. The molecule has 1 atom stereocenters. The second-order valence-electron chi connectivity index (χ2n) is 9.09. The number of thiophene rings is 1. The smallest absolute Gasteiger partial charge is 0.333 e. The van der Waals surface area contributed by atoms with Crippen LogP contribution in [0.5, 0.6) is 5.75 Å². The highest BCUT2D eigenvalue weighted by Gasteiger charge is 2.35. The van der Waals surface area contributed by atoms with Crippen molar-refractivity contribution in [1.82, 2.24) is 14.1 Å². The topological polar surface area (TPSA) is 117 Å². The lowest BCUT2D eigenvalue weighted by Crippen LogP contribution is -2.52. The summed E-state index contributed by atoms with van der Waals surface area (Å²) >= 11 is 1.24. The molecule has 10 heteroatoms. The number of rotatable bonds is 8. The number of para-hydroxylation sites is 1. The van der Waals surface area contributed by atoms with E-state index in [1.54, 1.807) is 14.0 Å². The van der Waals surface area contributed by atoms with Gasteiger partial charge in [0.25, 0.3) is 5.56 Å². The van der Waals surface area contributed by atoms with Gasteiger partial charge in [0.15, 0.2) is 0 Å². The van der Waals surface area contributed by atoms with Gasteiger partial charge in [-0.3, -0.25) is 9.36 Å². The molecule has 9 nitrogen and oxygen atoms in total. The number of carboxylic acids is 1. The third-order valence-corrected chi connectivity index (χ3v) is 7.48. The summed E-state index contributed by atoms with van der Waals surface area (Å²) in [5.41, 5.74) is -1.46. The van der Waals surface area contributed by atoms with Gasteiger partial charge in [-0.25, -0.2) is 19.1 Å². The van der Waals surface area contributed by atoms with Crippen LogP contribution in [0.15, 0.2) is 50.7 Å². The van der Waals surface area contributed by atoms with Gasteiger partial charge in [0.2, 0.25) is 5.89 Å². The number of nitrogens with zero attached hydrogens (tertiary/aromatic N) is 3. The first-order valence-electron chi connectivity index (χ1n) is 11.1. The molecule has 0 aliphatic heterocycles. The van der Waals surface area contributed by atoms with Gasteiger partial charge in [-0.1, -0.05) is 25.1 Å². The summed E-state index contributed by atoms with van der Waals surface area (Å²) in [6, 6.07) is 7.67. The van der Waals surface area contributed by atoms with Crippen molar-refractivity contribution in [3.8, 4) is 16.5 Å². The molecule has 4 aromatic rings. The molecule has 4 rings (SSSR count). The van der Waals surface area contributed by atoms with Crippen LogP contribution in [0, 0.1) is 12.8 Å². The molecule has 0 bridgehead atoms. The Kier molecular flexibility index (Phi) is 6.42. The molecule has 0 spiro atoms. The van der Waals surface area contributed by atoms with E-state index in [4.69, 9.17) is 9.15 Å². The molecule has 0 fully saturated rings. The second-order valence-corrected chi connectivity index (χ2v) is 10.1. The molecule has 3 heterocycles. The van der Waals surface area contributed by atoms with Crippen molar-refractivity contribution in [3.05, 3.63) is 68.7 Å². The lowest BCUT2D eigenvalue weighted by atomic mass is 10.00. The fraction of sp³-hybridized carbons (Fsp3) is 0.360. The van der Waals surface area contributed by atoms with Crippen LogP contribution in [-0.4, -0.2) is 32.3 Å². The number of methoxy groups -OCH3 is 1. The van der Waals surface area contributed by atoms with E-state index in [-0.39, 0.29) is 12.5 Å². The van der Waals surface area contributed by atoms with Crippen molar-refractivity contribution in [2.24, 2.45) is 5.92 Å². The Balaban J connectivity index is 1.93. The molecule has 0 radical (unpaired) electrons. The number of fused-ring (bicyclic) bond motifs is 1. The van der Waals surface area contributed by atoms with Crippen molar-refractivity contribution in [2.45, 2.75) is 46.2 Å². The summed E-state index contributed by atoms with van der Waals surface area (Å²) in [5, 5.41) is 10.1. The zero-order chi connectivity index (χ0) is 25.5. The Hall–Kier alpha value is -3.66. The summed E-state index contributed by atoms with van der Waals surface area (Å²) in [5.74, 6) is -0.204. The highest BCUT2D eigenvalue weighted by Crippen LogP contribution is 2.36. The number of carboxylic acid groups (broad SMARTS) is 1. The maximum atomic E-state index is 13.7. The standard InChI is InChI=1S/C25H27N3O6S/c1-14(12-16-8-6-7-9-17(16)33-5)13-27-22-18(15(2)19(35-22)20-26-10-11-34-20)21(29)28(24(27)32)25(3,4)23(30)31/h6-11,14H,12-13H2,1-5H3,(H,30,31). The van der Waals surface area contributed by atoms with Crippen LogP contribution < -0.4 is 16.0 Å². The lowest BCUT2D eigenvalue weighted by Gasteiger charge is -2.24. The van der Waals surface area contributed by atoms with Gasteiger partial charge < -0.3 is 14.3 Å². The maximum Gasteiger partial charge on any atom is 0.333 e.